The number of rotatable bonds is 2. The molecule has 1 aromatic carbocycles. The Morgan fingerprint density at radius 1 is 1.11 bits per heavy atom. The Morgan fingerprint density at radius 3 is 2.28 bits per heavy atom. The molecule has 0 atom stereocenters. The van der Waals surface area contributed by atoms with Gasteiger partial charge in [-0.15, -0.1) is 0 Å². The van der Waals surface area contributed by atoms with Crippen LogP contribution in [0.1, 0.15) is 21.7 Å². The molecule has 0 fully saturated rings. The molecule has 0 amide bonds. The summed E-state index contributed by atoms with van der Waals surface area (Å²) in [5.74, 6) is -1.02. The number of pyridine rings is 1. The topological polar surface area (TPSA) is 50.2 Å². The van der Waals surface area contributed by atoms with E-state index in [0.29, 0.717) is 0 Å². The van der Waals surface area contributed by atoms with Crippen LogP contribution in [0.25, 0.3) is 11.1 Å². The van der Waals surface area contributed by atoms with E-state index in [9.17, 15) is 4.79 Å². The summed E-state index contributed by atoms with van der Waals surface area (Å²) >= 11 is 5.85. The molecule has 3 nitrogen and oxygen atoms in total. The molecule has 0 saturated carbocycles. The fraction of sp³-hybridized carbons (Fsp3) is 0.143. The molecule has 0 aliphatic carbocycles. The van der Waals surface area contributed by atoms with Crippen molar-refractivity contribution in [3.05, 3.63) is 52.3 Å². The van der Waals surface area contributed by atoms with Gasteiger partial charge in [0.1, 0.15) is 0 Å². The highest BCUT2D eigenvalue weighted by Gasteiger charge is 2.10. The summed E-state index contributed by atoms with van der Waals surface area (Å²) in [6.07, 6.45) is 0. The molecule has 1 N–H and O–H groups in total. The number of aromatic nitrogens is 1. The predicted molar refractivity (Wildman–Crippen MR) is 71.1 cm³/mol. The Balaban J connectivity index is 2.57. The molecule has 0 bridgehead atoms. The highest BCUT2D eigenvalue weighted by atomic mass is 35.5. The van der Waals surface area contributed by atoms with Gasteiger partial charge in [0.05, 0.1) is 10.6 Å². The summed E-state index contributed by atoms with van der Waals surface area (Å²) in [5, 5.41) is 9.29. The first kappa shape index (κ1) is 12.6. The number of halogens is 1. The third-order valence-electron chi connectivity index (χ3n) is 2.61. The maximum Gasteiger partial charge on any atom is 0.337 e. The van der Waals surface area contributed by atoms with E-state index in [4.69, 9.17) is 16.7 Å². The molecule has 2 aromatic rings. The maximum absolute atomic E-state index is 11.0. The SMILES string of the molecule is Cc1cc(-c2ccc(Cl)c(C(=O)O)c2)cc(C)n1. The van der Waals surface area contributed by atoms with Crippen LogP contribution in [-0.2, 0) is 0 Å². The van der Waals surface area contributed by atoms with Crippen LogP contribution >= 0.6 is 11.6 Å². The van der Waals surface area contributed by atoms with Crippen molar-refractivity contribution < 1.29 is 9.90 Å². The van der Waals surface area contributed by atoms with Gasteiger partial charge in [0.15, 0.2) is 0 Å². The third-order valence-corrected chi connectivity index (χ3v) is 2.94. The lowest BCUT2D eigenvalue weighted by Crippen LogP contribution is -1.98. The van der Waals surface area contributed by atoms with Crippen molar-refractivity contribution in [1.29, 1.82) is 0 Å². The Labute approximate surface area is 110 Å². The van der Waals surface area contributed by atoms with Gasteiger partial charge in [0, 0.05) is 11.4 Å². The average molecular weight is 262 g/mol. The first-order chi connectivity index (χ1) is 8.47. The number of carbonyl (C=O) groups is 1. The van der Waals surface area contributed by atoms with E-state index in [1.165, 1.54) is 0 Å². The number of aryl methyl sites for hydroxylation is 2. The van der Waals surface area contributed by atoms with Crippen LogP contribution in [0.3, 0.4) is 0 Å². The second-order valence-electron chi connectivity index (χ2n) is 4.14. The molecule has 0 unspecified atom stereocenters. The molecule has 0 aliphatic heterocycles. The molecular formula is C14H12ClNO2. The Kier molecular flexibility index (Phi) is 3.34. The van der Waals surface area contributed by atoms with Gasteiger partial charge in [-0.25, -0.2) is 4.79 Å². The van der Waals surface area contributed by atoms with Crippen LogP contribution in [0, 0.1) is 13.8 Å². The average Bonchev–Trinajstić information content (AvgIpc) is 2.27. The van der Waals surface area contributed by atoms with Gasteiger partial charge < -0.3 is 5.11 Å². The fourth-order valence-electron chi connectivity index (χ4n) is 1.87. The number of benzene rings is 1. The largest absolute Gasteiger partial charge is 0.478 e. The highest BCUT2D eigenvalue weighted by molar-refractivity contribution is 6.33. The number of hydrogen-bond donors (Lipinski definition) is 1. The van der Waals surface area contributed by atoms with Gasteiger partial charge >= 0.3 is 5.97 Å². The van der Waals surface area contributed by atoms with Crippen LogP contribution in [-0.4, -0.2) is 16.1 Å². The molecule has 2 rings (SSSR count). The maximum atomic E-state index is 11.0. The Hall–Kier alpha value is -1.87. The molecule has 92 valence electrons. The first-order valence-electron chi connectivity index (χ1n) is 5.46. The van der Waals surface area contributed by atoms with Crippen LogP contribution in [0.5, 0.6) is 0 Å². The molecule has 0 spiro atoms. The van der Waals surface area contributed by atoms with Gasteiger partial charge in [-0.3, -0.25) is 4.98 Å². The van der Waals surface area contributed by atoms with Crippen LogP contribution in [0.15, 0.2) is 30.3 Å². The van der Waals surface area contributed by atoms with Gasteiger partial charge in [-0.1, -0.05) is 17.7 Å². The lowest BCUT2D eigenvalue weighted by molar-refractivity contribution is 0.0697. The smallest absolute Gasteiger partial charge is 0.337 e. The molecule has 0 saturated heterocycles. The number of hydrogen-bond acceptors (Lipinski definition) is 2. The second-order valence-corrected chi connectivity index (χ2v) is 4.55. The number of carboxylic acids is 1. The van der Waals surface area contributed by atoms with Gasteiger partial charge in [-0.2, -0.15) is 0 Å². The van der Waals surface area contributed by atoms with E-state index in [-0.39, 0.29) is 10.6 Å². The third kappa shape index (κ3) is 2.51. The predicted octanol–water partition coefficient (Wildman–Crippen LogP) is 3.72. The fourth-order valence-corrected chi connectivity index (χ4v) is 2.07. The van der Waals surface area contributed by atoms with E-state index in [1.54, 1.807) is 12.1 Å². The minimum absolute atomic E-state index is 0.112. The summed E-state index contributed by atoms with van der Waals surface area (Å²) in [7, 11) is 0. The van der Waals surface area contributed by atoms with E-state index in [2.05, 4.69) is 4.98 Å². The molecule has 1 aromatic heterocycles. The van der Waals surface area contributed by atoms with Crippen molar-refractivity contribution in [2.75, 3.05) is 0 Å². The normalized spacial score (nSPS) is 10.4. The number of aromatic carboxylic acids is 1. The van der Waals surface area contributed by atoms with Crippen molar-refractivity contribution in [1.82, 2.24) is 4.98 Å². The summed E-state index contributed by atoms with van der Waals surface area (Å²) in [4.78, 5) is 15.3. The summed E-state index contributed by atoms with van der Waals surface area (Å²) in [6, 6.07) is 8.83. The van der Waals surface area contributed by atoms with Crippen LogP contribution < -0.4 is 0 Å². The number of nitrogens with zero attached hydrogens (tertiary/aromatic N) is 1. The minimum Gasteiger partial charge on any atom is -0.478 e. The zero-order chi connectivity index (χ0) is 13.3. The molecule has 18 heavy (non-hydrogen) atoms. The summed E-state index contributed by atoms with van der Waals surface area (Å²) in [6.45, 7) is 3.81. The molecule has 4 heteroatoms. The summed E-state index contributed by atoms with van der Waals surface area (Å²) < 4.78 is 0. The first-order valence-corrected chi connectivity index (χ1v) is 5.83. The minimum atomic E-state index is -1.02. The van der Waals surface area contributed by atoms with Crippen molar-refractivity contribution in [3.63, 3.8) is 0 Å². The van der Waals surface area contributed by atoms with Gasteiger partial charge in [0.25, 0.3) is 0 Å². The van der Waals surface area contributed by atoms with Crippen LogP contribution in [0.2, 0.25) is 5.02 Å². The number of carboxylic acid groups (broad SMARTS) is 1. The van der Waals surface area contributed by atoms with Crippen molar-refractivity contribution >= 4 is 17.6 Å². The van der Waals surface area contributed by atoms with E-state index in [1.807, 2.05) is 32.0 Å². The second kappa shape index (κ2) is 4.78. The molecule has 1 heterocycles. The van der Waals surface area contributed by atoms with Crippen molar-refractivity contribution in [2.24, 2.45) is 0 Å². The van der Waals surface area contributed by atoms with E-state index in [0.717, 1.165) is 22.5 Å². The molecule has 0 aliphatic rings. The standard InChI is InChI=1S/C14H12ClNO2/c1-8-5-11(6-9(2)16-8)10-3-4-13(15)12(7-10)14(17)18/h3-7H,1-2H3,(H,17,18). The van der Waals surface area contributed by atoms with Crippen molar-refractivity contribution in [3.8, 4) is 11.1 Å². The lowest BCUT2D eigenvalue weighted by Gasteiger charge is -2.07. The highest BCUT2D eigenvalue weighted by Crippen LogP contribution is 2.26. The zero-order valence-electron chi connectivity index (χ0n) is 10.1. The van der Waals surface area contributed by atoms with Gasteiger partial charge in [0.2, 0.25) is 0 Å². The Morgan fingerprint density at radius 2 is 1.72 bits per heavy atom. The molecular weight excluding hydrogens is 250 g/mol. The monoisotopic (exact) mass is 261 g/mol. The zero-order valence-corrected chi connectivity index (χ0v) is 10.8. The summed E-state index contributed by atoms with van der Waals surface area (Å²) in [5.41, 5.74) is 3.68. The quantitative estimate of drug-likeness (QED) is 0.896. The van der Waals surface area contributed by atoms with E-state index < -0.39 is 5.97 Å². The van der Waals surface area contributed by atoms with E-state index >= 15 is 0 Å². The van der Waals surface area contributed by atoms with Crippen molar-refractivity contribution in [2.45, 2.75) is 13.8 Å². The lowest BCUT2D eigenvalue weighted by atomic mass is 10.0. The van der Waals surface area contributed by atoms with Gasteiger partial charge in [-0.05, 0) is 49.2 Å². The molecule has 0 radical (unpaired) electrons. The Bertz CT molecular complexity index is 603. The van der Waals surface area contributed by atoms with Crippen LogP contribution in [0.4, 0.5) is 0 Å².